The van der Waals surface area contributed by atoms with Crippen LogP contribution in [-0.2, 0) is 28.9 Å². The number of carbonyl (C=O) groups is 2. The molecule has 2 aromatic carbocycles. The van der Waals surface area contributed by atoms with Gasteiger partial charge in [-0.15, -0.1) is 10.2 Å². The van der Waals surface area contributed by atoms with Gasteiger partial charge in [0.05, 0.1) is 17.9 Å². The third-order valence-corrected chi connectivity index (χ3v) is 6.56. The quantitative estimate of drug-likeness (QED) is 0.167. The molecule has 0 aliphatic carbocycles. The molecule has 0 bridgehead atoms. The van der Waals surface area contributed by atoms with Crippen molar-refractivity contribution in [2.24, 2.45) is 0 Å². The summed E-state index contributed by atoms with van der Waals surface area (Å²) in [4.78, 5) is 24.2. The van der Waals surface area contributed by atoms with Crippen LogP contribution in [0.2, 0.25) is 0 Å². The minimum atomic E-state index is -0.255. The number of nitrogens with zero attached hydrogens (tertiary/aromatic N) is 2. The molecule has 0 fully saturated rings. The molecule has 0 unspecified atom stereocenters. The summed E-state index contributed by atoms with van der Waals surface area (Å²) < 4.78 is 0. The number of aryl methyl sites for hydroxylation is 1. The lowest BCUT2D eigenvalue weighted by atomic mass is 10.1. The van der Waals surface area contributed by atoms with E-state index in [9.17, 15) is 9.59 Å². The van der Waals surface area contributed by atoms with Gasteiger partial charge in [0.25, 0.3) is 0 Å². The highest BCUT2D eigenvalue weighted by Gasteiger charge is 2.11. The van der Waals surface area contributed by atoms with E-state index in [1.807, 2.05) is 60.7 Å². The zero-order chi connectivity index (χ0) is 24.9. The number of benzene rings is 2. The van der Waals surface area contributed by atoms with Crippen molar-refractivity contribution in [2.75, 3.05) is 5.32 Å². The van der Waals surface area contributed by atoms with Crippen LogP contribution in [0.5, 0.6) is 0 Å². The zero-order valence-corrected chi connectivity index (χ0v) is 20.9. The molecule has 0 saturated carbocycles. The van der Waals surface area contributed by atoms with Crippen molar-refractivity contribution in [3.63, 3.8) is 0 Å². The molecule has 0 atom stereocenters. The van der Waals surface area contributed by atoms with E-state index in [1.165, 1.54) is 11.3 Å². The van der Waals surface area contributed by atoms with Crippen molar-refractivity contribution < 1.29 is 9.59 Å². The van der Waals surface area contributed by atoms with Crippen molar-refractivity contribution >= 4 is 50.3 Å². The van der Waals surface area contributed by atoms with Crippen LogP contribution in [0.25, 0.3) is 0 Å². The minimum absolute atomic E-state index is 0.0216. The molecule has 3 rings (SSSR count). The number of thioether (sulfide) groups is 1. The lowest BCUT2D eigenvalue weighted by Crippen LogP contribution is -2.29. The van der Waals surface area contributed by atoms with E-state index in [2.05, 4.69) is 20.8 Å². The predicted molar refractivity (Wildman–Crippen MR) is 142 cm³/mol. The second-order valence-corrected chi connectivity index (χ2v) is 10.0. The summed E-state index contributed by atoms with van der Waals surface area (Å²) in [6.07, 6.45) is 4.45. The van der Waals surface area contributed by atoms with E-state index >= 15 is 0 Å². The van der Waals surface area contributed by atoms with Gasteiger partial charge < -0.3 is 10.6 Å². The Morgan fingerprint density at radius 3 is 2.11 bits per heavy atom. The molecule has 1 aromatic heterocycles. The average molecular weight is 509 g/mol. The highest BCUT2D eigenvalue weighted by atomic mass is 32.2. The summed E-state index contributed by atoms with van der Waals surface area (Å²) in [5.41, 5.74) is 1.83. The number of unbranched alkanes of at least 4 members (excludes halogenated alkanes) is 2. The van der Waals surface area contributed by atoms with E-state index in [-0.39, 0.29) is 23.4 Å². The first kappa shape index (κ1) is 26.2. The number of nitrogens with one attached hydrogen (secondary N) is 4. The second-order valence-electron chi connectivity index (χ2n) is 7.84. The fourth-order valence-electron chi connectivity index (χ4n) is 3.24. The topological polar surface area (TPSA) is 132 Å². The first-order chi connectivity index (χ1) is 17.0. The van der Waals surface area contributed by atoms with Crippen LogP contribution in [0.4, 0.5) is 5.13 Å². The molecule has 10 heteroatoms. The smallest absolute Gasteiger partial charge is 0.230 e. The van der Waals surface area contributed by atoms with Crippen molar-refractivity contribution in [1.29, 1.82) is 10.8 Å². The van der Waals surface area contributed by atoms with E-state index in [0.29, 0.717) is 23.0 Å². The number of hydrogen-bond donors (Lipinski definition) is 4. The molecular weight excluding hydrogens is 480 g/mol. The van der Waals surface area contributed by atoms with Gasteiger partial charge in [0.1, 0.15) is 5.01 Å². The monoisotopic (exact) mass is 508 g/mol. The molecule has 182 valence electrons. The van der Waals surface area contributed by atoms with Crippen LogP contribution in [-0.4, -0.2) is 32.2 Å². The van der Waals surface area contributed by atoms with Gasteiger partial charge in [-0.05, 0) is 42.2 Å². The molecular formula is C25H28N6O2S2. The molecule has 8 nitrogen and oxygen atoms in total. The molecule has 0 spiro atoms. The van der Waals surface area contributed by atoms with Crippen molar-refractivity contribution in [3.05, 3.63) is 76.8 Å². The number of hydrogen-bond acceptors (Lipinski definition) is 8. The third-order valence-electron chi connectivity index (χ3n) is 4.90. The van der Waals surface area contributed by atoms with E-state index in [0.717, 1.165) is 53.6 Å². The summed E-state index contributed by atoms with van der Waals surface area (Å²) >= 11 is 2.36. The highest BCUT2D eigenvalue weighted by Crippen LogP contribution is 2.19. The Labute approximate surface area is 213 Å². The summed E-state index contributed by atoms with van der Waals surface area (Å²) in [5, 5.41) is 31.2. The Hall–Kier alpha value is -3.37. The van der Waals surface area contributed by atoms with Gasteiger partial charge in [-0.2, -0.15) is 0 Å². The maximum absolute atomic E-state index is 12.1. The van der Waals surface area contributed by atoms with Gasteiger partial charge in [-0.25, -0.2) is 0 Å². The molecule has 3 aromatic rings. The van der Waals surface area contributed by atoms with E-state index in [4.69, 9.17) is 10.8 Å². The van der Waals surface area contributed by atoms with Crippen LogP contribution in [0, 0.1) is 10.8 Å². The summed E-state index contributed by atoms with van der Waals surface area (Å²) in [6, 6.07) is 18.9. The van der Waals surface area contributed by atoms with Crippen LogP contribution in [0.1, 0.15) is 41.8 Å². The van der Waals surface area contributed by atoms with Crippen LogP contribution in [0.15, 0.2) is 60.7 Å². The Balaban J connectivity index is 1.26. The van der Waals surface area contributed by atoms with E-state index < -0.39 is 0 Å². The lowest BCUT2D eigenvalue weighted by Gasteiger charge is -2.07. The van der Waals surface area contributed by atoms with Crippen molar-refractivity contribution in [2.45, 2.75) is 44.9 Å². The summed E-state index contributed by atoms with van der Waals surface area (Å²) in [6.45, 7) is 0. The summed E-state index contributed by atoms with van der Waals surface area (Å²) in [7, 11) is 0. The number of anilines is 1. The van der Waals surface area contributed by atoms with E-state index in [1.54, 1.807) is 0 Å². The van der Waals surface area contributed by atoms with Gasteiger partial charge in [0, 0.05) is 6.42 Å². The molecule has 0 saturated heterocycles. The van der Waals surface area contributed by atoms with Gasteiger partial charge in [-0.1, -0.05) is 78.4 Å². The molecule has 0 radical (unpaired) electrons. The minimum Gasteiger partial charge on any atom is -0.305 e. The fourth-order valence-corrected chi connectivity index (χ4v) is 4.70. The summed E-state index contributed by atoms with van der Waals surface area (Å²) in [5.74, 6) is -0.370. The lowest BCUT2D eigenvalue weighted by molar-refractivity contribution is -0.119. The molecule has 4 N–H and O–H groups in total. The number of amidine groups is 1. The largest absolute Gasteiger partial charge is 0.305 e. The standard InChI is InChI=1S/C25H28N6O2S2/c26-20(34-24(27)28-21(32)16-18-10-4-1-5-11-18)14-8-3-9-15-23-30-31-25(35-23)29-22(33)17-19-12-6-2-7-13-19/h1-2,4-7,10-13,26H,3,8-9,14-17H2,(H2,27,28,32)(H,29,31,33). The Morgan fingerprint density at radius 2 is 1.46 bits per heavy atom. The van der Waals surface area contributed by atoms with Gasteiger partial charge >= 0.3 is 0 Å². The number of amides is 2. The Morgan fingerprint density at radius 1 is 0.829 bits per heavy atom. The number of aromatic nitrogens is 2. The first-order valence-electron chi connectivity index (χ1n) is 11.3. The van der Waals surface area contributed by atoms with Crippen molar-refractivity contribution in [1.82, 2.24) is 15.5 Å². The number of carbonyl (C=O) groups excluding carboxylic acids is 2. The van der Waals surface area contributed by atoms with Crippen molar-refractivity contribution in [3.8, 4) is 0 Å². The maximum Gasteiger partial charge on any atom is 0.230 e. The Kier molecular flexibility index (Phi) is 10.6. The zero-order valence-electron chi connectivity index (χ0n) is 19.3. The molecule has 0 aliphatic heterocycles. The van der Waals surface area contributed by atoms with Gasteiger partial charge in [0.15, 0.2) is 5.17 Å². The van der Waals surface area contributed by atoms with Gasteiger partial charge in [0.2, 0.25) is 16.9 Å². The Bertz CT molecular complexity index is 1140. The first-order valence-corrected chi connectivity index (χ1v) is 12.9. The molecule has 35 heavy (non-hydrogen) atoms. The SMILES string of the molecule is N=C(CCCCCc1nnc(NC(=O)Cc2ccccc2)s1)SC(=N)NC(=O)Cc1ccccc1. The number of rotatable bonds is 11. The third kappa shape index (κ3) is 10.2. The highest BCUT2D eigenvalue weighted by molar-refractivity contribution is 8.26. The van der Waals surface area contributed by atoms with Crippen LogP contribution >= 0.6 is 23.1 Å². The van der Waals surface area contributed by atoms with Gasteiger partial charge in [-0.3, -0.25) is 20.4 Å². The predicted octanol–water partition coefficient (Wildman–Crippen LogP) is 4.83. The second kappa shape index (κ2) is 14.1. The molecule has 2 amide bonds. The maximum atomic E-state index is 12.1. The normalized spacial score (nSPS) is 10.5. The van der Waals surface area contributed by atoms with Crippen LogP contribution < -0.4 is 10.6 Å². The molecule has 0 aliphatic rings. The molecule has 1 heterocycles. The van der Waals surface area contributed by atoms with Crippen LogP contribution in [0.3, 0.4) is 0 Å². The fraction of sp³-hybridized carbons (Fsp3) is 0.280. The average Bonchev–Trinajstić information content (AvgIpc) is 3.26.